The van der Waals surface area contributed by atoms with Gasteiger partial charge in [-0.2, -0.15) is 0 Å². The molecule has 0 spiro atoms. The van der Waals surface area contributed by atoms with Gasteiger partial charge in [0.2, 0.25) is 0 Å². The monoisotopic (exact) mass is 1000 g/mol. The van der Waals surface area contributed by atoms with E-state index in [2.05, 4.69) is 41.5 Å². The van der Waals surface area contributed by atoms with Crippen LogP contribution in [0.25, 0.3) is 0 Å². The van der Waals surface area contributed by atoms with Crippen LogP contribution in [0.5, 0.6) is 0 Å². The first-order valence-electron chi connectivity index (χ1n) is 32.1. The summed E-state index contributed by atoms with van der Waals surface area (Å²) >= 11 is 0. The maximum absolute atomic E-state index is 12.9. The van der Waals surface area contributed by atoms with E-state index in [1.807, 2.05) is 0 Å². The predicted octanol–water partition coefficient (Wildman–Crippen LogP) is 21.5. The topological polar surface area (TPSA) is 78.9 Å². The number of hydrogen-bond acceptors (Lipinski definition) is 6. The lowest BCUT2D eigenvalue weighted by Crippen LogP contribution is -2.30. The van der Waals surface area contributed by atoms with Crippen LogP contribution in [-0.2, 0) is 28.6 Å². The molecule has 0 saturated heterocycles. The minimum absolute atomic E-state index is 0.0627. The summed E-state index contributed by atoms with van der Waals surface area (Å²) in [4.78, 5) is 38.3. The van der Waals surface area contributed by atoms with Crippen molar-refractivity contribution >= 4 is 17.9 Å². The van der Waals surface area contributed by atoms with Gasteiger partial charge in [-0.1, -0.05) is 324 Å². The van der Waals surface area contributed by atoms with Crippen molar-refractivity contribution in [3.8, 4) is 0 Å². The maximum Gasteiger partial charge on any atom is 0.306 e. The van der Waals surface area contributed by atoms with E-state index in [9.17, 15) is 14.4 Å². The van der Waals surface area contributed by atoms with E-state index in [0.29, 0.717) is 19.3 Å². The van der Waals surface area contributed by atoms with Gasteiger partial charge in [0.1, 0.15) is 13.2 Å². The molecule has 0 aliphatic heterocycles. The average molecular weight is 1000 g/mol. The van der Waals surface area contributed by atoms with E-state index >= 15 is 0 Å². The molecule has 6 nitrogen and oxygen atoms in total. The molecule has 0 heterocycles. The number of unbranched alkanes of at least 4 members (excludes halogenated alkanes) is 40. The third kappa shape index (κ3) is 57.5. The van der Waals surface area contributed by atoms with Crippen LogP contribution in [0.15, 0.2) is 0 Å². The zero-order valence-corrected chi connectivity index (χ0v) is 49.0. The van der Waals surface area contributed by atoms with Crippen LogP contribution in [0.2, 0.25) is 0 Å². The molecule has 0 aliphatic rings. The molecule has 0 radical (unpaired) electrons. The molecule has 71 heavy (non-hydrogen) atoms. The van der Waals surface area contributed by atoms with Crippen LogP contribution in [0, 0.1) is 17.8 Å². The van der Waals surface area contributed by atoms with Crippen LogP contribution >= 0.6 is 0 Å². The SMILES string of the molecule is CCC(C)CCCCCCCCCCCCCCCCCCCCC(=O)O[C@@H](COC(=O)CCCCCCCCCCCCCCCCC(C)C)COC(=O)CCCCCCCCCCCCCC(C)C. The minimum Gasteiger partial charge on any atom is -0.462 e. The Morgan fingerprint density at radius 2 is 0.493 bits per heavy atom. The van der Waals surface area contributed by atoms with Crippen LogP contribution in [0.3, 0.4) is 0 Å². The summed E-state index contributed by atoms with van der Waals surface area (Å²) in [6.07, 6.45) is 61.0. The molecule has 0 aliphatic carbocycles. The first-order valence-corrected chi connectivity index (χ1v) is 32.1. The quantitative estimate of drug-likeness (QED) is 0.0343. The van der Waals surface area contributed by atoms with Crippen LogP contribution in [-0.4, -0.2) is 37.2 Å². The number of ether oxygens (including phenoxy) is 3. The average Bonchev–Trinajstić information content (AvgIpc) is 3.35. The molecule has 0 aromatic heterocycles. The minimum atomic E-state index is -0.764. The lowest BCUT2D eigenvalue weighted by atomic mass is 9.99. The van der Waals surface area contributed by atoms with Gasteiger partial charge in [0.05, 0.1) is 0 Å². The Morgan fingerprint density at radius 3 is 0.732 bits per heavy atom. The van der Waals surface area contributed by atoms with Gasteiger partial charge in [-0.3, -0.25) is 14.4 Å². The van der Waals surface area contributed by atoms with E-state index in [1.54, 1.807) is 0 Å². The summed E-state index contributed by atoms with van der Waals surface area (Å²) in [7, 11) is 0. The molecule has 2 atom stereocenters. The number of rotatable bonds is 58. The van der Waals surface area contributed by atoms with Crippen molar-refractivity contribution in [1.82, 2.24) is 0 Å². The fourth-order valence-corrected chi connectivity index (χ4v) is 10.0. The van der Waals surface area contributed by atoms with E-state index in [4.69, 9.17) is 14.2 Å². The van der Waals surface area contributed by atoms with Gasteiger partial charge in [-0.25, -0.2) is 0 Å². The first-order chi connectivity index (χ1) is 34.6. The number of carbonyl (C=O) groups is 3. The fourth-order valence-electron chi connectivity index (χ4n) is 10.0. The Labute approximate surface area is 444 Å². The van der Waals surface area contributed by atoms with Gasteiger partial charge in [-0.15, -0.1) is 0 Å². The van der Waals surface area contributed by atoms with E-state index in [1.165, 1.54) is 244 Å². The van der Waals surface area contributed by atoms with Crippen molar-refractivity contribution in [2.75, 3.05) is 13.2 Å². The number of hydrogen-bond donors (Lipinski definition) is 0. The Balaban J connectivity index is 4.27. The van der Waals surface area contributed by atoms with Gasteiger partial charge in [-0.05, 0) is 37.0 Å². The summed E-state index contributed by atoms with van der Waals surface area (Å²) < 4.78 is 17.0. The molecule has 0 N–H and O–H groups in total. The van der Waals surface area contributed by atoms with Crippen molar-refractivity contribution in [3.63, 3.8) is 0 Å². The molecule has 422 valence electrons. The smallest absolute Gasteiger partial charge is 0.306 e. The van der Waals surface area contributed by atoms with Crippen LogP contribution in [0.4, 0.5) is 0 Å². The summed E-state index contributed by atoms with van der Waals surface area (Å²) in [5.41, 5.74) is 0. The largest absolute Gasteiger partial charge is 0.462 e. The van der Waals surface area contributed by atoms with Gasteiger partial charge in [0, 0.05) is 19.3 Å². The third-order valence-corrected chi connectivity index (χ3v) is 15.3. The van der Waals surface area contributed by atoms with Gasteiger partial charge in [0.25, 0.3) is 0 Å². The van der Waals surface area contributed by atoms with Crippen molar-refractivity contribution < 1.29 is 28.6 Å². The van der Waals surface area contributed by atoms with E-state index in [0.717, 1.165) is 75.5 Å². The lowest BCUT2D eigenvalue weighted by molar-refractivity contribution is -0.167. The molecule has 0 fully saturated rings. The number of carbonyl (C=O) groups excluding carboxylic acids is 3. The summed E-state index contributed by atoms with van der Waals surface area (Å²) in [5, 5.41) is 0. The summed E-state index contributed by atoms with van der Waals surface area (Å²) in [6.45, 7) is 13.8. The fraction of sp³-hybridized carbons (Fsp3) is 0.954. The Bertz CT molecular complexity index is 1100. The highest BCUT2D eigenvalue weighted by Crippen LogP contribution is 2.19. The molecular formula is C65H126O6. The predicted molar refractivity (Wildman–Crippen MR) is 307 cm³/mol. The van der Waals surface area contributed by atoms with Crippen molar-refractivity contribution in [3.05, 3.63) is 0 Å². The second-order valence-electron chi connectivity index (χ2n) is 23.6. The summed E-state index contributed by atoms with van der Waals surface area (Å²) in [6, 6.07) is 0. The molecule has 0 rings (SSSR count). The molecule has 0 aromatic carbocycles. The molecule has 0 saturated carbocycles. The Hall–Kier alpha value is -1.59. The highest BCUT2D eigenvalue weighted by molar-refractivity contribution is 5.71. The standard InChI is InChI=1S/C65H126O6/c1-7-61(6)53-47-41-35-29-23-17-12-10-8-9-11-13-19-25-32-38-44-50-56-65(68)71-62(58-70-64(67)55-49-43-37-31-26-20-22-28-34-40-46-52-60(4)5)57-69-63(66)54-48-42-36-30-24-18-15-14-16-21-27-33-39-45-51-59(2)3/h59-62H,7-58H2,1-6H3/t61?,62-/m0/s1. The molecule has 0 bridgehead atoms. The van der Waals surface area contributed by atoms with Gasteiger partial charge in [0.15, 0.2) is 6.10 Å². The zero-order chi connectivity index (χ0) is 51.9. The van der Waals surface area contributed by atoms with Crippen LogP contribution in [0.1, 0.15) is 363 Å². The third-order valence-electron chi connectivity index (χ3n) is 15.3. The lowest BCUT2D eigenvalue weighted by Gasteiger charge is -2.18. The normalized spacial score (nSPS) is 12.5. The number of esters is 3. The van der Waals surface area contributed by atoms with Crippen molar-refractivity contribution in [2.24, 2.45) is 17.8 Å². The van der Waals surface area contributed by atoms with Gasteiger partial charge >= 0.3 is 17.9 Å². The summed E-state index contributed by atoms with van der Waals surface area (Å²) in [5.74, 6) is 1.74. The molecule has 0 amide bonds. The molecule has 6 heteroatoms. The molecule has 1 unspecified atom stereocenters. The highest BCUT2D eigenvalue weighted by Gasteiger charge is 2.19. The Morgan fingerprint density at radius 1 is 0.282 bits per heavy atom. The maximum atomic E-state index is 12.9. The van der Waals surface area contributed by atoms with Crippen molar-refractivity contribution in [1.29, 1.82) is 0 Å². The first kappa shape index (κ1) is 69.4. The Kier molecular flexibility index (Phi) is 54.9. The molecule has 0 aromatic rings. The van der Waals surface area contributed by atoms with Crippen LogP contribution < -0.4 is 0 Å². The van der Waals surface area contributed by atoms with Crippen molar-refractivity contribution in [2.45, 2.75) is 369 Å². The van der Waals surface area contributed by atoms with E-state index < -0.39 is 6.10 Å². The molecular weight excluding hydrogens is 877 g/mol. The second-order valence-corrected chi connectivity index (χ2v) is 23.6. The zero-order valence-electron chi connectivity index (χ0n) is 49.0. The second kappa shape index (κ2) is 56.1. The van der Waals surface area contributed by atoms with Gasteiger partial charge < -0.3 is 14.2 Å². The van der Waals surface area contributed by atoms with E-state index in [-0.39, 0.29) is 31.1 Å². The highest BCUT2D eigenvalue weighted by atomic mass is 16.6.